The number of ether oxygens (including phenoxy) is 1. The highest BCUT2D eigenvalue weighted by Gasteiger charge is 2.32. The number of anilines is 2. The first kappa shape index (κ1) is 25.8. The Morgan fingerprint density at radius 2 is 1.69 bits per heavy atom. The fourth-order valence-electron chi connectivity index (χ4n) is 4.15. The number of piperazine rings is 1. The lowest BCUT2D eigenvalue weighted by Gasteiger charge is -2.37. The molecule has 0 spiro atoms. The van der Waals surface area contributed by atoms with E-state index in [2.05, 4.69) is 0 Å². The minimum absolute atomic E-state index is 0.0304. The van der Waals surface area contributed by atoms with Crippen LogP contribution in [0.2, 0.25) is 5.02 Å². The summed E-state index contributed by atoms with van der Waals surface area (Å²) in [6.07, 6.45) is 0. The number of amides is 1. The van der Waals surface area contributed by atoms with Crippen LogP contribution in [0.3, 0.4) is 0 Å². The molecule has 0 unspecified atom stereocenters. The second kappa shape index (κ2) is 10.8. The Morgan fingerprint density at radius 3 is 2.33 bits per heavy atom. The molecule has 1 aliphatic heterocycles. The molecule has 1 amide bonds. The number of sulfonamides is 1. The molecule has 4 rings (SSSR count). The van der Waals surface area contributed by atoms with Crippen molar-refractivity contribution >= 4 is 38.9 Å². The van der Waals surface area contributed by atoms with Crippen LogP contribution < -0.4 is 13.9 Å². The highest BCUT2D eigenvalue weighted by molar-refractivity contribution is 7.93. The highest BCUT2D eigenvalue weighted by Crippen LogP contribution is 2.31. The van der Waals surface area contributed by atoms with Gasteiger partial charge in [0.05, 0.1) is 18.5 Å². The van der Waals surface area contributed by atoms with Crippen molar-refractivity contribution < 1.29 is 22.3 Å². The molecule has 1 heterocycles. The van der Waals surface area contributed by atoms with Crippen LogP contribution in [0.5, 0.6) is 5.75 Å². The molecular formula is C26H27ClFN3O4S. The number of carbonyl (C=O) groups is 1. The van der Waals surface area contributed by atoms with E-state index in [9.17, 15) is 17.6 Å². The van der Waals surface area contributed by atoms with Crippen molar-refractivity contribution in [3.8, 4) is 5.75 Å². The molecule has 0 N–H and O–H groups in total. The predicted molar refractivity (Wildman–Crippen MR) is 139 cm³/mol. The Balaban J connectivity index is 1.59. The summed E-state index contributed by atoms with van der Waals surface area (Å²) in [5.74, 6) is -0.483. The van der Waals surface area contributed by atoms with Crippen molar-refractivity contribution in [2.45, 2.75) is 11.8 Å². The number of rotatable bonds is 7. The largest absolute Gasteiger partial charge is 0.495 e. The molecular weight excluding hydrogens is 505 g/mol. The van der Waals surface area contributed by atoms with Crippen molar-refractivity contribution in [2.75, 3.05) is 49.0 Å². The number of methoxy groups -OCH3 is 1. The van der Waals surface area contributed by atoms with Crippen LogP contribution in [-0.2, 0) is 14.8 Å². The molecule has 3 aromatic carbocycles. The SMILES string of the molecule is COc1ccc(C)cc1S(=O)(=O)N(CC(=O)N1CCN(c2ccccc2F)CC1)c1ccc(Cl)cc1. The van der Waals surface area contributed by atoms with Gasteiger partial charge in [0.25, 0.3) is 10.0 Å². The lowest BCUT2D eigenvalue weighted by atomic mass is 10.2. The maximum atomic E-state index is 14.2. The van der Waals surface area contributed by atoms with Crippen LogP contribution in [0.15, 0.2) is 71.6 Å². The van der Waals surface area contributed by atoms with Gasteiger partial charge < -0.3 is 14.5 Å². The molecule has 36 heavy (non-hydrogen) atoms. The molecule has 0 saturated carbocycles. The number of halogens is 2. The zero-order valence-electron chi connectivity index (χ0n) is 20.0. The minimum Gasteiger partial charge on any atom is -0.495 e. The van der Waals surface area contributed by atoms with E-state index in [0.717, 1.165) is 9.87 Å². The monoisotopic (exact) mass is 531 g/mol. The van der Waals surface area contributed by atoms with Gasteiger partial charge in [-0.1, -0.05) is 29.8 Å². The summed E-state index contributed by atoms with van der Waals surface area (Å²) < 4.78 is 48.2. The minimum atomic E-state index is -4.17. The van der Waals surface area contributed by atoms with Gasteiger partial charge in [-0.15, -0.1) is 0 Å². The number of hydrogen-bond donors (Lipinski definition) is 0. The number of hydrogen-bond acceptors (Lipinski definition) is 5. The van der Waals surface area contributed by atoms with Crippen LogP contribution in [0.1, 0.15) is 5.56 Å². The summed E-state index contributed by atoms with van der Waals surface area (Å²) in [5, 5.41) is 0.444. The summed E-state index contributed by atoms with van der Waals surface area (Å²) in [6, 6.07) is 17.6. The van der Waals surface area contributed by atoms with Crippen molar-refractivity contribution in [2.24, 2.45) is 0 Å². The zero-order valence-corrected chi connectivity index (χ0v) is 21.6. The van der Waals surface area contributed by atoms with Crippen LogP contribution in [0.25, 0.3) is 0 Å². The molecule has 190 valence electrons. The standard InChI is InChI=1S/C26H27ClFN3O4S/c1-19-7-12-24(35-2)25(17-19)36(33,34)31(21-10-8-20(27)9-11-21)18-26(32)30-15-13-29(14-16-30)23-6-4-3-5-22(23)28/h3-12,17H,13-16,18H2,1-2H3. The Kier molecular flexibility index (Phi) is 7.70. The summed E-state index contributed by atoms with van der Waals surface area (Å²) in [7, 11) is -2.77. The number of aryl methyl sites for hydroxylation is 1. The van der Waals surface area contributed by atoms with Gasteiger partial charge >= 0.3 is 0 Å². The summed E-state index contributed by atoms with van der Waals surface area (Å²) in [5.41, 5.74) is 1.53. The number of para-hydroxylation sites is 1. The summed E-state index contributed by atoms with van der Waals surface area (Å²) in [6.45, 7) is 2.94. The van der Waals surface area contributed by atoms with Crippen LogP contribution in [0, 0.1) is 12.7 Å². The molecule has 3 aromatic rings. The lowest BCUT2D eigenvalue weighted by molar-refractivity contribution is -0.129. The topological polar surface area (TPSA) is 70.2 Å². The second-order valence-corrected chi connectivity index (χ2v) is 10.7. The fourth-order valence-corrected chi connectivity index (χ4v) is 5.94. The first-order chi connectivity index (χ1) is 17.2. The third-order valence-corrected chi connectivity index (χ3v) is 8.15. The first-order valence-electron chi connectivity index (χ1n) is 11.4. The van der Waals surface area contributed by atoms with Gasteiger partial charge in [-0.2, -0.15) is 0 Å². The van der Waals surface area contributed by atoms with E-state index in [4.69, 9.17) is 16.3 Å². The number of carbonyl (C=O) groups excluding carboxylic acids is 1. The van der Waals surface area contributed by atoms with E-state index >= 15 is 0 Å². The molecule has 7 nitrogen and oxygen atoms in total. The maximum Gasteiger partial charge on any atom is 0.268 e. The van der Waals surface area contributed by atoms with Crippen molar-refractivity contribution in [1.29, 1.82) is 0 Å². The zero-order chi connectivity index (χ0) is 25.9. The van der Waals surface area contributed by atoms with E-state index < -0.39 is 16.6 Å². The average molecular weight is 532 g/mol. The summed E-state index contributed by atoms with van der Waals surface area (Å²) in [4.78, 5) is 16.8. The molecule has 10 heteroatoms. The Morgan fingerprint density at radius 1 is 1.03 bits per heavy atom. The predicted octanol–water partition coefficient (Wildman–Crippen LogP) is 4.34. The Labute approximate surface area is 215 Å². The molecule has 1 aliphatic rings. The third-order valence-electron chi connectivity index (χ3n) is 6.11. The summed E-state index contributed by atoms with van der Waals surface area (Å²) >= 11 is 6.02. The normalized spacial score (nSPS) is 14.0. The molecule has 0 atom stereocenters. The highest BCUT2D eigenvalue weighted by atomic mass is 35.5. The van der Waals surface area contributed by atoms with Crippen LogP contribution >= 0.6 is 11.6 Å². The average Bonchev–Trinajstić information content (AvgIpc) is 2.88. The van der Waals surface area contributed by atoms with Crippen molar-refractivity contribution in [3.63, 3.8) is 0 Å². The van der Waals surface area contributed by atoms with Gasteiger partial charge in [-0.3, -0.25) is 9.10 Å². The molecule has 1 fully saturated rings. The van der Waals surface area contributed by atoms with E-state index in [1.54, 1.807) is 66.4 Å². The van der Waals surface area contributed by atoms with Crippen molar-refractivity contribution in [3.05, 3.63) is 83.1 Å². The smallest absolute Gasteiger partial charge is 0.268 e. The quantitative estimate of drug-likeness (QED) is 0.453. The first-order valence-corrected chi connectivity index (χ1v) is 13.2. The van der Waals surface area contributed by atoms with Gasteiger partial charge in [-0.05, 0) is 61.0 Å². The molecule has 1 saturated heterocycles. The molecule has 0 radical (unpaired) electrons. The number of nitrogens with zero attached hydrogens (tertiary/aromatic N) is 3. The fraction of sp³-hybridized carbons (Fsp3) is 0.269. The van der Waals surface area contributed by atoms with Gasteiger partial charge in [0.15, 0.2) is 0 Å². The second-order valence-electron chi connectivity index (χ2n) is 8.46. The van der Waals surface area contributed by atoms with Gasteiger partial charge in [0, 0.05) is 31.2 Å². The molecule has 0 aliphatic carbocycles. The van der Waals surface area contributed by atoms with E-state index in [1.807, 2.05) is 4.90 Å². The van der Waals surface area contributed by atoms with Crippen LogP contribution in [-0.4, -0.2) is 59.1 Å². The van der Waals surface area contributed by atoms with E-state index in [0.29, 0.717) is 42.6 Å². The van der Waals surface area contributed by atoms with Gasteiger partial charge in [0.1, 0.15) is 23.0 Å². The lowest BCUT2D eigenvalue weighted by Crippen LogP contribution is -2.52. The van der Waals surface area contributed by atoms with E-state index in [-0.39, 0.29) is 22.4 Å². The third kappa shape index (κ3) is 5.42. The number of benzene rings is 3. The molecule has 0 aromatic heterocycles. The Hall–Kier alpha value is -3.30. The van der Waals surface area contributed by atoms with Crippen LogP contribution in [0.4, 0.5) is 15.8 Å². The van der Waals surface area contributed by atoms with Gasteiger partial charge in [-0.25, -0.2) is 12.8 Å². The maximum absolute atomic E-state index is 14.2. The van der Waals surface area contributed by atoms with E-state index in [1.165, 1.54) is 19.2 Å². The molecule has 0 bridgehead atoms. The Bertz CT molecular complexity index is 1340. The van der Waals surface area contributed by atoms with Crippen molar-refractivity contribution in [1.82, 2.24) is 4.90 Å². The van der Waals surface area contributed by atoms with Gasteiger partial charge in [0.2, 0.25) is 5.91 Å².